The zero-order valence-electron chi connectivity index (χ0n) is 11.6. The first-order chi connectivity index (χ1) is 9.54. The highest BCUT2D eigenvalue weighted by atomic mass is 16.5. The molecule has 0 fully saturated rings. The van der Waals surface area contributed by atoms with E-state index in [4.69, 9.17) is 10.5 Å². The van der Waals surface area contributed by atoms with Gasteiger partial charge in [0.15, 0.2) is 6.10 Å². The first kappa shape index (κ1) is 13.9. The van der Waals surface area contributed by atoms with Gasteiger partial charge in [0.2, 0.25) is 0 Å². The molecule has 0 unspecified atom stereocenters. The number of rotatable bonds is 4. The van der Waals surface area contributed by atoms with Crippen LogP contribution in [0.1, 0.15) is 12.5 Å². The first-order valence-corrected chi connectivity index (χ1v) is 6.44. The number of aryl methyl sites for hydroxylation is 1. The summed E-state index contributed by atoms with van der Waals surface area (Å²) in [7, 11) is 0. The molecule has 0 spiro atoms. The lowest BCUT2D eigenvalue weighted by atomic mass is 10.2. The Kier molecular flexibility index (Phi) is 4.25. The van der Waals surface area contributed by atoms with Crippen LogP contribution in [0.25, 0.3) is 0 Å². The molecule has 0 bridgehead atoms. The molecule has 20 heavy (non-hydrogen) atoms. The molecule has 4 heteroatoms. The fourth-order valence-electron chi connectivity index (χ4n) is 1.73. The molecule has 0 aliphatic rings. The molecule has 104 valence electrons. The molecule has 2 rings (SSSR count). The average Bonchev–Trinajstić information content (AvgIpc) is 2.41. The third-order valence-electron chi connectivity index (χ3n) is 2.86. The molecule has 0 aliphatic heterocycles. The predicted octanol–water partition coefficient (Wildman–Crippen LogP) is 2.98. The Morgan fingerprint density at radius 1 is 1.20 bits per heavy atom. The fourth-order valence-corrected chi connectivity index (χ4v) is 1.73. The largest absolute Gasteiger partial charge is 0.481 e. The van der Waals surface area contributed by atoms with Gasteiger partial charge in [0.05, 0.1) is 0 Å². The first-order valence-electron chi connectivity index (χ1n) is 6.44. The minimum atomic E-state index is -0.599. The Morgan fingerprint density at radius 3 is 2.55 bits per heavy atom. The number of ether oxygens (including phenoxy) is 1. The Balaban J connectivity index is 1.96. The monoisotopic (exact) mass is 270 g/mol. The van der Waals surface area contributed by atoms with Crippen molar-refractivity contribution >= 4 is 17.3 Å². The van der Waals surface area contributed by atoms with E-state index in [1.54, 1.807) is 31.2 Å². The van der Waals surface area contributed by atoms with Crippen LogP contribution in [-0.4, -0.2) is 12.0 Å². The van der Waals surface area contributed by atoms with Gasteiger partial charge in [0.25, 0.3) is 5.91 Å². The highest BCUT2D eigenvalue weighted by molar-refractivity contribution is 5.94. The SMILES string of the molecule is Cc1ccc(NC(=O)[C@@H](C)Oc2cccc(N)c2)cc1. The standard InChI is InChI=1S/C16H18N2O2/c1-11-6-8-14(9-7-11)18-16(19)12(2)20-15-5-3-4-13(17)10-15/h3-10,12H,17H2,1-2H3,(H,18,19)/t12-/m1/s1. The lowest BCUT2D eigenvalue weighted by molar-refractivity contribution is -0.122. The smallest absolute Gasteiger partial charge is 0.265 e. The Labute approximate surface area is 118 Å². The van der Waals surface area contributed by atoms with E-state index in [2.05, 4.69) is 5.32 Å². The quantitative estimate of drug-likeness (QED) is 0.839. The number of amides is 1. The van der Waals surface area contributed by atoms with Crippen LogP contribution in [0, 0.1) is 6.92 Å². The summed E-state index contributed by atoms with van der Waals surface area (Å²) in [6, 6.07) is 14.6. The van der Waals surface area contributed by atoms with Gasteiger partial charge < -0.3 is 15.8 Å². The predicted molar refractivity (Wildman–Crippen MR) is 80.8 cm³/mol. The summed E-state index contributed by atoms with van der Waals surface area (Å²) in [4.78, 5) is 12.0. The molecule has 0 radical (unpaired) electrons. The summed E-state index contributed by atoms with van der Waals surface area (Å²) >= 11 is 0. The molecule has 3 N–H and O–H groups in total. The van der Waals surface area contributed by atoms with Gasteiger partial charge in [0.1, 0.15) is 5.75 Å². The number of benzene rings is 2. The summed E-state index contributed by atoms with van der Waals surface area (Å²) in [5.74, 6) is 0.382. The number of nitrogen functional groups attached to an aromatic ring is 1. The van der Waals surface area contributed by atoms with Crippen molar-refractivity contribution in [1.29, 1.82) is 0 Å². The van der Waals surface area contributed by atoms with Gasteiger partial charge in [-0.3, -0.25) is 4.79 Å². The lowest BCUT2D eigenvalue weighted by Gasteiger charge is -2.15. The van der Waals surface area contributed by atoms with Crippen LogP contribution in [-0.2, 0) is 4.79 Å². The molecule has 1 atom stereocenters. The van der Waals surface area contributed by atoms with Gasteiger partial charge in [-0.05, 0) is 38.1 Å². The number of nitrogens with one attached hydrogen (secondary N) is 1. The third kappa shape index (κ3) is 3.75. The molecular weight excluding hydrogens is 252 g/mol. The third-order valence-corrected chi connectivity index (χ3v) is 2.86. The summed E-state index contributed by atoms with van der Waals surface area (Å²) in [5.41, 5.74) is 8.17. The summed E-state index contributed by atoms with van der Waals surface area (Å²) < 4.78 is 5.56. The van der Waals surface area contributed by atoms with Crippen LogP contribution in [0.5, 0.6) is 5.75 Å². The molecule has 0 heterocycles. The number of nitrogens with two attached hydrogens (primary N) is 1. The number of carbonyl (C=O) groups excluding carboxylic acids is 1. The Hall–Kier alpha value is -2.49. The minimum absolute atomic E-state index is 0.198. The molecule has 1 amide bonds. The van der Waals surface area contributed by atoms with E-state index in [0.717, 1.165) is 11.3 Å². The molecule has 2 aromatic rings. The van der Waals surface area contributed by atoms with Gasteiger partial charge >= 0.3 is 0 Å². The maximum Gasteiger partial charge on any atom is 0.265 e. The van der Waals surface area contributed by atoms with Crippen molar-refractivity contribution in [2.45, 2.75) is 20.0 Å². The second kappa shape index (κ2) is 6.10. The van der Waals surface area contributed by atoms with Crippen molar-refractivity contribution in [2.75, 3.05) is 11.1 Å². The van der Waals surface area contributed by atoms with Gasteiger partial charge in [-0.1, -0.05) is 23.8 Å². The van der Waals surface area contributed by atoms with Crippen LogP contribution in [0.15, 0.2) is 48.5 Å². The number of hydrogen-bond donors (Lipinski definition) is 2. The van der Waals surface area contributed by atoms with Crippen LogP contribution >= 0.6 is 0 Å². The molecule has 2 aromatic carbocycles. The highest BCUT2D eigenvalue weighted by Gasteiger charge is 2.14. The van der Waals surface area contributed by atoms with Crippen LogP contribution in [0.2, 0.25) is 0 Å². The van der Waals surface area contributed by atoms with Gasteiger partial charge in [-0.15, -0.1) is 0 Å². The van der Waals surface area contributed by atoms with Crippen LogP contribution < -0.4 is 15.8 Å². The van der Waals surface area contributed by atoms with E-state index in [9.17, 15) is 4.79 Å². The molecule has 0 aliphatic carbocycles. The second-order valence-electron chi connectivity index (χ2n) is 4.69. The second-order valence-corrected chi connectivity index (χ2v) is 4.69. The zero-order chi connectivity index (χ0) is 14.5. The van der Waals surface area contributed by atoms with Crippen molar-refractivity contribution < 1.29 is 9.53 Å². The van der Waals surface area contributed by atoms with Gasteiger partial charge in [0, 0.05) is 17.4 Å². The van der Waals surface area contributed by atoms with E-state index in [1.165, 1.54) is 0 Å². The summed E-state index contributed by atoms with van der Waals surface area (Å²) in [6.07, 6.45) is -0.599. The summed E-state index contributed by atoms with van der Waals surface area (Å²) in [5, 5.41) is 2.81. The van der Waals surface area contributed by atoms with Crippen molar-refractivity contribution in [2.24, 2.45) is 0 Å². The Morgan fingerprint density at radius 2 is 1.90 bits per heavy atom. The maximum atomic E-state index is 12.0. The van der Waals surface area contributed by atoms with Crippen LogP contribution in [0.3, 0.4) is 0 Å². The zero-order valence-corrected chi connectivity index (χ0v) is 11.6. The van der Waals surface area contributed by atoms with E-state index >= 15 is 0 Å². The minimum Gasteiger partial charge on any atom is -0.481 e. The number of carbonyl (C=O) groups is 1. The van der Waals surface area contributed by atoms with Crippen molar-refractivity contribution in [3.8, 4) is 5.75 Å². The highest BCUT2D eigenvalue weighted by Crippen LogP contribution is 2.17. The molecule has 4 nitrogen and oxygen atoms in total. The number of hydrogen-bond acceptors (Lipinski definition) is 3. The van der Waals surface area contributed by atoms with Crippen LogP contribution in [0.4, 0.5) is 11.4 Å². The fraction of sp³-hybridized carbons (Fsp3) is 0.188. The van der Waals surface area contributed by atoms with Crippen molar-refractivity contribution in [3.05, 3.63) is 54.1 Å². The summed E-state index contributed by atoms with van der Waals surface area (Å²) in [6.45, 7) is 3.70. The van der Waals surface area contributed by atoms with E-state index in [1.807, 2.05) is 31.2 Å². The van der Waals surface area contributed by atoms with E-state index < -0.39 is 6.10 Å². The molecule has 0 saturated carbocycles. The topological polar surface area (TPSA) is 64.3 Å². The average molecular weight is 270 g/mol. The molecular formula is C16H18N2O2. The van der Waals surface area contributed by atoms with E-state index in [0.29, 0.717) is 11.4 Å². The lowest BCUT2D eigenvalue weighted by Crippen LogP contribution is -2.30. The molecule has 0 aromatic heterocycles. The van der Waals surface area contributed by atoms with Crippen molar-refractivity contribution in [1.82, 2.24) is 0 Å². The Bertz CT molecular complexity index is 594. The van der Waals surface area contributed by atoms with Crippen molar-refractivity contribution in [3.63, 3.8) is 0 Å². The normalized spacial score (nSPS) is 11.7. The van der Waals surface area contributed by atoms with Gasteiger partial charge in [-0.25, -0.2) is 0 Å². The molecule has 0 saturated heterocycles. The number of anilines is 2. The van der Waals surface area contributed by atoms with Gasteiger partial charge in [-0.2, -0.15) is 0 Å². The maximum absolute atomic E-state index is 12.0. The van der Waals surface area contributed by atoms with E-state index in [-0.39, 0.29) is 5.91 Å².